The van der Waals surface area contributed by atoms with E-state index in [0.29, 0.717) is 7.35 Å². The van der Waals surface area contributed by atoms with Crippen molar-refractivity contribution >= 4 is 17.6 Å². The third kappa shape index (κ3) is 4.37. The van der Waals surface area contributed by atoms with E-state index in [9.17, 15) is 0 Å². The first kappa shape index (κ1) is 31.4. The molecule has 0 aliphatic heterocycles. The average molecular weight is 761 g/mol. The number of allylic oxidation sites excluding steroid dienone is 2. The Morgan fingerprint density at radius 2 is 0.864 bits per heavy atom. The van der Waals surface area contributed by atoms with Crippen molar-refractivity contribution in [1.29, 1.82) is 0 Å². The summed E-state index contributed by atoms with van der Waals surface area (Å²) in [4.78, 5) is 0. The molecule has 4 aromatic carbocycles. The molecule has 0 saturated carbocycles. The maximum absolute atomic E-state index is 3.77. The molecule has 2 heteroatoms. The van der Waals surface area contributed by atoms with Gasteiger partial charge in [-0.2, -0.15) is 0 Å². The number of benzene rings is 4. The van der Waals surface area contributed by atoms with Crippen LogP contribution in [-0.2, 0) is 17.1 Å². The molecule has 0 aromatic heterocycles. The van der Waals surface area contributed by atoms with Crippen molar-refractivity contribution < 1.29 is 17.1 Å². The van der Waals surface area contributed by atoms with Crippen molar-refractivity contribution in [3.8, 4) is 22.3 Å². The minimum atomic E-state index is -3.77. The van der Waals surface area contributed by atoms with Gasteiger partial charge in [-0.3, -0.25) is 0 Å². The first-order valence-corrected chi connectivity index (χ1v) is 35.7. The van der Waals surface area contributed by atoms with Crippen LogP contribution in [0.5, 0.6) is 0 Å². The average Bonchev–Trinajstić information content (AvgIpc) is 3.62. The number of hydrogen-bond acceptors (Lipinski definition) is 0. The van der Waals surface area contributed by atoms with E-state index in [1.54, 1.807) is 11.1 Å². The maximum atomic E-state index is 2.83. The van der Waals surface area contributed by atoms with Crippen LogP contribution in [0.4, 0.5) is 0 Å². The molecule has 0 N–H and O–H groups in total. The number of fused-ring (bicyclic) bond motifs is 2. The van der Waals surface area contributed by atoms with Gasteiger partial charge in [0.1, 0.15) is 0 Å². The molecular formula is C42H50HfSi. The molecule has 44 heavy (non-hydrogen) atoms. The summed E-state index contributed by atoms with van der Waals surface area (Å²) in [5, 5.41) is 0. The van der Waals surface area contributed by atoms with Gasteiger partial charge in [-0.05, 0) is 0 Å². The topological polar surface area (TPSA) is 0 Å². The van der Waals surface area contributed by atoms with Gasteiger partial charge in [-0.25, -0.2) is 0 Å². The van der Waals surface area contributed by atoms with Crippen LogP contribution in [0.15, 0.2) is 60.7 Å². The summed E-state index contributed by atoms with van der Waals surface area (Å²) in [7, 11) is 0. The van der Waals surface area contributed by atoms with Gasteiger partial charge < -0.3 is 0 Å². The second-order valence-electron chi connectivity index (χ2n) is 15.2. The molecule has 2 aliphatic rings. The van der Waals surface area contributed by atoms with Gasteiger partial charge >= 0.3 is 270 Å². The van der Waals surface area contributed by atoms with Gasteiger partial charge in [-0.1, -0.05) is 0 Å². The first-order chi connectivity index (χ1) is 20.7. The Labute approximate surface area is 268 Å². The fraction of sp³-hybridized carbons (Fsp3) is 0.333. The molecule has 0 fully saturated rings. The number of rotatable bonds is 4. The predicted octanol–water partition coefficient (Wildman–Crippen LogP) is 12.4. The molecule has 2 unspecified atom stereocenters. The Kier molecular flexibility index (Phi) is 7.69. The summed E-state index contributed by atoms with van der Waals surface area (Å²) < 4.78 is 6.76. The normalized spacial score (nSPS) is 17.3. The van der Waals surface area contributed by atoms with Crippen molar-refractivity contribution in [3.63, 3.8) is 0 Å². The van der Waals surface area contributed by atoms with Gasteiger partial charge in [0.05, 0.1) is 0 Å². The summed E-state index contributed by atoms with van der Waals surface area (Å²) >= 11 is -3.77. The molecule has 0 heterocycles. The molecule has 6 rings (SSSR count). The van der Waals surface area contributed by atoms with Crippen molar-refractivity contribution in [2.24, 2.45) is 0 Å². The summed E-state index contributed by atoms with van der Waals surface area (Å²) in [5.41, 5.74) is 22.5. The predicted molar refractivity (Wildman–Crippen MR) is 194 cm³/mol. The molecule has 0 spiro atoms. The molecule has 2 atom stereocenters. The molecular weight excluding hydrogens is 711 g/mol. The van der Waals surface area contributed by atoms with E-state index in [1.165, 1.54) is 77.9 Å². The molecule has 0 bridgehead atoms. The van der Waals surface area contributed by atoms with E-state index >= 15 is 0 Å². The van der Waals surface area contributed by atoms with Crippen molar-refractivity contribution in [3.05, 3.63) is 127 Å². The third-order valence-electron chi connectivity index (χ3n) is 12.6. The molecule has 2 aliphatic carbocycles. The Morgan fingerprint density at radius 1 is 0.523 bits per heavy atom. The van der Waals surface area contributed by atoms with Crippen LogP contribution in [0, 0.1) is 55.4 Å². The summed E-state index contributed by atoms with van der Waals surface area (Å²) in [6.07, 6.45) is 10.3. The van der Waals surface area contributed by atoms with E-state index in [2.05, 4.69) is 151 Å². The van der Waals surface area contributed by atoms with E-state index < -0.39 is 22.6 Å². The molecule has 0 radical (unpaired) electrons. The Bertz CT molecular complexity index is 1830. The van der Waals surface area contributed by atoms with Crippen LogP contribution < -0.4 is 0 Å². The van der Waals surface area contributed by atoms with Gasteiger partial charge in [-0.15, -0.1) is 0 Å². The van der Waals surface area contributed by atoms with Crippen molar-refractivity contribution in [1.82, 2.24) is 0 Å². The molecule has 4 aromatic rings. The summed E-state index contributed by atoms with van der Waals surface area (Å²) in [5.74, 6) is 0. The van der Waals surface area contributed by atoms with Gasteiger partial charge in [0.25, 0.3) is 0 Å². The fourth-order valence-electron chi connectivity index (χ4n) is 8.72. The van der Waals surface area contributed by atoms with E-state index in [4.69, 9.17) is 0 Å². The molecule has 0 amide bonds. The molecule has 0 saturated heterocycles. The quantitative estimate of drug-likeness (QED) is 0.182. The number of aryl methyl sites for hydroxylation is 4. The van der Waals surface area contributed by atoms with E-state index in [0.717, 1.165) is 0 Å². The molecule has 226 valence electrons. The van der Waals surface area contributed by atoms with Crippen molar-refractivity contribution in [2.45, 2.75) is 85.2 Å². The monoisotopic (exact) mass is 762 g/mol. The second kappa shape index (κ2) is 10.8. The third-order valence-corrected chi connectivity index (χ3v) is 72.2. The SMILES string of the molecule is Cc1cc(C)c(C)c(-c2cccc3c2C=C[CH]3[Hf]([CH3])([CH3])([CH]2C=Cc3c(-c4c(C)c(C)cc(C)c4C)cccc32)=[Si](C)C)c1C. The van der Waals surface area contributed by atoms with Gasteiger partial charge in [0, 0.05) is 0 Å². The van der Waals surface area contributed by atoms with Crippen LogP contribution in [0.2, 0.25) is 22.5 Å². The van der Waals surface area contributed by atoms with Crippen molar-refractivity contribution in [2.75, 3.05) is 0 Å². The number of hydrogen-bond donors (Lipinski definition) is 0. The zero-order chi connectivity index (χ0) is 31.9. The summed E-state index contributed by atoms with van der Waals surface area (Å²) in [6, 6.07) is 19.1. The first-order valence-electron chi connectivity index (χ1n) is 16.5. The van der Waals surface area contributed by atoms with Gasteiger partial charge in [0.15, 0.2) is 0 Å². The van der Waals surface area contributed by atoms with Crippen LogP contribution in [0.25, 0.3) is 34.4 Å². The zero-order valence-electron chi connectivity index (χ0n) is 29.1. The van der Waals surface area contributed by atoms with E-state index in [1.807, 2.05) is 0 Å². The second-order valence-corrected chi connectivity index (χ2v) is 64.1. The van der Waals surface area contributed by atoms with Gasteiger partial charge in [0.2, 0.25) is 0 Å². The fourth-order valence-corrected chi connectivity index (χ4v) is 42.5. The summed E-state index contributed by atoms with van der Waals surface area (Å²) in [6.45, 7) is 23.6. The Balaban J connectivity index is 1.55. The molecule has 0 nitrogen and oxygen atoms in total. The minimum absolute atomic E-state index is 0.547. The Hall–Kier alpha value is -2.55. The van der Waals surface area contributed by atoms with Crippen LogP contribution >= 0.6 is 0 Å². The van der Waals surface area contributed by atoms with Crippen LogP contribution in [0.1, 0.15) is 74.1 Å². The zero-order valence-corrected chi connectivity index (χ0v) is 33.7. The van der Waals surface area contributed by atoms with Crippen LogP contribution in [0.3, 0.4) is 0 Å². The van der Waals surface area contributed by atoms with Crippen LogP contribution in [-0.4, -0.2) is 5.49 Å². The Morgan fingerprint density at radius 3 is 1.18 bits per heavy atom. The van der Waals surface area contributed by atoms with E-state index in [-0.39, 0.29) is 0 Å². The standard InChI is InChI=1S/2C19H19.C2H6Si.2CH3.Hf/c2*1-12-11-13(2)15(4)19(14(12)3)18-10-6-8-16-7-5-9-17(16)18;1-3-2;;;/h2*5-11H,1-4H3;1-2H3;2*1H3;.